The Bertz CT molecular complexity index is 780. The maximum Gasteiger partial charge on any atom is 0.335 e. The zero-order valence-electron chi connectivity index (χ0n) is 9.75. The first-order valence-corrected chi connectivity index (χ1v) is 6.00. The van der Waals surface area contributed by atoms with Crippen LogP contribution >= 0.6 is 11.6 Å². The fraction of sp³-hybridized carbons (Fsp3) is 0. The van der Waals surface area contributed by atoms with Crippen LogP contribution < -0.4 is 0 Å². The Morgan fingerprint density at radius 2 is 2.00 bits per heavy atom. The normalized spacial score (nSPS) is 10.8. The molecule has 1 N–H and O–H groups in total. The standard InChI is InChI=1S/C14H9ClN2O2/c15-11-7-9(14(18)19)5-6-13(11)17-12-4-2-1-3-10(12)8-16-17/h1-8H,(H,18,19). The third-order valence-electron chi connectivity index (χ3n) is 2.90. The molecule has 1 aromatic heterocycles. The van der Waals surface area contributed by atoms with E-state index in [-0.39, 0.29) is 5.56 Å². The molecule has 0 aliphatic rings. The number of benzene rings is 2. The van der Waals surface area contributed by atoms with Crippen LogP contribution in [-0.4, -0.2) is 20.9 Å². The van der Waals surface area contributed by atoms with Crippen molar-refractivity contribution in [2.75, 3.05) is 0 Å². The van der Waals surface area contributed by atoms with Gasteiger partial charge in [0, 0.05) is 5.39 Å². The van der Waals surface area contributed by atoms with Gasteiger partial charge in [-0.3, -0.25) is 0 Å². The van der Waals surface area contributed by atoms with E-state index >= 15 is 0 Å². The summed E-state index contributed by atoms with van der Waals surface area (Å²) < 4.78 is 1.70. The van der Waals surface area contributed by atoms with Crippen molar-refractivity contribution < 1.29 is 9.90 Å². The smallest absolute Gasteiger partial charge is 0.335 e. The number of para-hydroxylation sites is 1. The minimum Gasteiger partial charge on any atom is -0.478 e. The fourth-order valence-electron chi connectivity index (χ4n) is 1.98. The Morgan fingerprint density at radius 1 is 1.21 bits per heavy atom. The number of halogens is 1. The molecular formula is C14H9ClN2O2. The highest BCUT2D eigenvalue weighted by atomic mass is 35.5. The number of aromatic carboxylic acids is 1. The van der Waals surface area contributed by atoms with Crippen LogP contribution in [0.25, 0.3) is 16.6 Å². The summed E-state index contributed by atoms with van der Waals surface area (Å²) in [5.41, 5.74) is 1.74. The van der Waals surface area contributed by atoms with Crippen LogP contribution in [0, 0.1) is 0 Å². The Morgan fingerprint density at radius 3 is 2.74 bits per heavy atom. The van der Waals surface area contributed by atoms with Gasteiger partial charge in [-0.1, -0.05) is 29.8 Å². The van der Waals surface area contributed by atoms with Crippen molar-refractivity contribution in [3.63, 3.8) is 0 Å². The molecule has 0 atom stereocenters. The van der Waals surface area contributed by atoms with Gasteiger partial charge in [-0.2, -0.15) is 5.10 Å². The highest BCUT2D eigenvalue weighted by molar-refractivity contribution is 6.32. The molecule has 1 heterocycles. The van der Waals surface area contributed by atoms with Gasteiger partial charge in [0.05, 0.1) is 28.0 Å². The SMILES string of the molecule is O=C(O)c1ccc(-n2ncc3ccccc32)c(Cl)c1. The molecule has 0 amide bonds. The third-order valence-corrected chi connectivity index (χ3v) is 3.20. The van der Waals surface area contributed by atoms with Gasteiger partial charge in [0.25, 0.3) is 0 Å². The summed E-state index contributed by atoms with van der Waals surface area (Å²) in [6.45, 7) is 0. The minimum atomic E-state index is -1.00. The lowest BCUT2D eigenvalue weighted by molar-refractivity contribution is 0.0697. The first kappa shape index (κ1) is 11.7. The molecule has 0 radical (unpaired) electrons. The van der Waals surface area contributed by atoms with E-state index in [0.717, 1.165) is 10.9 Å². The summed E-state index contributed by atoms with van der Waals surface area (Å²) in [5, 5.41) is 14.6. The first-order chi connectivity index (χ1) is 9.16. The molecule has 94 valence electrons. The predicted molar refractivity (Wildman–Crippen MR) is 73.0 cm³/mol. The molecule has 0 spiro atoms. The number of nitrogens with zero attached hydrogens (tertiary/aromatic N) is 2. The monoisotopic (exact) mass is 272 g/mol. The van der Waals surface area contributed by atoms with Crippen LogP contribution in [0.4, 0.5) is 0 Å². The number of carboxylic acid groups (broad SMARTS) is 1. The van der Waals surface area contributed by atoms with E-state index in [0.29, 0.717) is 10.7 Å². The molecular weight excluding hydrogens is 264 g/mol. The van der Waals surface area contributed by atoms with Gasteiger partial charge in [0.2, 0.25) is 0 Å². The van der Waals surface area contributed by atoms with E-state index in [4.69, 9.17) is 16.7 Å². The molecule has 0 aliphatic carbocycles. The summed E-state index contributed by atoms with van der Waals surface area (Å²) in [7, 11) is 0. The van der Waals surface area contributed by atoms with Crippen molar-refractivity contribution >= 4 is 28.5 Å². The van der Waals surface area contributed by atoms with Crippen molar-refractivity contribution in [1.82, 2.24) is 9.78 Å². The van der Waals surface area contributed by atoms with Crippen molar-refractivity contribution in [3.05, 3.63) is 59.2 Å². The number of carboxylic acids is 1. The van der Waals surface area contributed by atoms with E-state index in [1.54, 1.807) is 16.9 Å². The Balaban J connectivity index is 2.19. The summed E-state index contributed by atoms with van der Waals surface area (Å²) in [6, 6.07) is 12.3. The van der Waals surface area contributed by atoms with E-state index in [9.17, 15) is 4.79 Å². The minimum absolute atomic E-state index is 0.158. The second-order valence-corrected chi connectivity index (χ2v) is 4.49. The lowest BCUT2D eigenvalue weighted by Crippen LogP contribution is -2.00. The fourth-order valence-corrected chi connectivity index (χ4v) is 2.24. The van der Waals surface area contributed by atoms with Crippen LogP contribution in [0.1, 0.15) is 10.4 Å². The summed E-state index contributed by atoms with van der Waals surface area (Å²) in [4.78, 5) is 10.9. The number of hydrogen-bond donors (Lipinski definition) is 1. The molecule has 19 heavy (non-hydrogen) atoms. The molecule has 3 aromatic rings. The molecule has 0 aliphatic heterocycles. The topological polar surface area (TPSA) is 55.1 Å². The van der Waals surface area contributed by atoms with Gasteiger partial charge in [-0.25, -0.2) is 9.48 Å². The largest absolute Gasteiger partial charge is 0.478 e. The summed E-state index contributed by atoms with van der Waals surface area (Å²) in [6.07, 6.45) is 1.75. The molecule has 5 heteroatoms. The van der Waals surface area contributed by atoms with Gasteiger partial charge >= 0.3 is 5.97 Å². The van der Waals surface area contributed by atoms with Crippen LogP contribution in [0.3, 0.4) is 0 Å². The summed E-state index contributed by atoms with van der Waals surface area (Å²) >= 11 is 6.14. The molecule has 0 bridgehead atoms. The quantitative estimate of drug-likeness (QED) is 0.778. The molecule has 0 saturated heterocycles. The average molecular weight is 273 g/mol. The average Bonchev–Trinajstić information content (AvgIpc) is 2.82. The number of aromatic nitrogens is 2. The van der Waals surface area contributed by atoms with Crippen LogP contribution in [0.5, 0.6) is 0 Å². The first-order valence-electron chi connectivity index (χ1n) is 5.63. The Labute approximate surface area is 113 Å². The number of rotatable bonds is 2. The molecule has 2 aromatic carbocycles. The third kappa shape index (κ3) is 1.96. The molecule has 3 rings (SSSR count). The molecule has 4 nitrogen and oxygen atoms in total. The Hall–Kier alpha value is -2.33. The number of fused-ring (bicyclic) bond motifs is 1. The molecule has 0 unspecified atom stereocenters. The zero-order chi connectivity index (χ0) is 13.4. The highest BCUT2D eigenvalue weighted by Crippen LogP contribution is 2.25. The van der Waals surface area contributed by atoms with Crippen LogP contribution in [0.2, 0.25) is 5.02 Å². The maximum atomic E-state index is 10.9. The van der Waals surface area contributed by atoms with Crippen molar-refractivity contribution in [1.29, 1.82) is 0 Å². The second kappa shape index (κ2) is 4.40. The van der Waals surface area contributed by atoms with Crippen LogP contribution in [0.15, 0.2) is 48.7 Å². The van der Waals surface area contributed by atoms with Gasteiger partial charge < -0.3 is 5.11 Å². The summed E-state index contributed by atoms with van der Waals surface area (Å²) in [5.74, 6) is -1.00. The van der Waals surface area contributed by atoms with Gasteiger partial charge in [0.1, 0.15) is 0 Å². The lowest BCUT2D eigenvalue weighted by Gasteiger charge is -2.06. The molecule has 0 fully saturated rings. The van der Waals surface area contributed by atoms with Gasteiger partial charge in [-0.05, 0) is 24.3 Å². The van der Waals surface area contributed by atoms with Crippen LogP contribution in [-0.2, 0) is 0 Å². The number of hydrogen-bond acceptors (Lipinski definition) is 2. The predicted octanol–water partition coefficient (Wildman–Crippen LogP) is 3.38. The second-order valence-electron chi connectivity index (χ2n) is 4.09. The van der Waals surface area contributed by atoms with Gasteiger partial charge in [0.15, 0.2) is 0 Å². The lowest BCUT2D eigenvalue weighted by atomic mass is 10.2. The van der Waals surface area contributed by atoms with E-state index < -0.39 is 5.97 Å². The Kier molecular flexibility index (Phi) is 2.72. The van der Waals surface area contributed by atoms with E-state index in [1.165, 1.54) is 12.1 Å². The van der Waals surface area contributed by atoms with Crippen molar-refractivity contribution in [2.24, 2.45) is 0 Å². The van der Waals surface area contributed by atoms with E-state index in [1.807, 2.05) is 24.3 Å². The van der Waals surface area contributed by atoms with Crippen molar-refractivity contribution in [3.8, 4) is 5.69 Å². The maximum absolute atomic E-state index is 10.9. The number of carbonyl (C=O) groups is 1. The van der Waals surface area contributed by atoms with E-state index in [2.05, 4.69) is 5.10 Å². The highest BCUT2D eigenvalue weighted by Gasteiger charge is 2.11. The van der Waals surface area contributed by atoms with Crippen molar-refractivity contribution in [2.45, 2.75) is 0 Å². The molecule has 0 saturated carbocycles. The zero-order valence-corrected chi connectivity index (χ0v) is 10.5. The van der Waals surface area contributed by atoms with Gasteiger partial charge in [-0.15, -0.1) is 0 Å².